The summed E-state index contributed by atoms with van der Waals surface area (Å²) in [6.45, 7) is 6.46. The molecule has 1 unspecified atom stereocenters. The average Bonchev–Trinajstić information content (AvgIpc) is 2.59. The molecule has 1 rings (SSSR count). The molecule has 16 heavy (non-hydrogen) atoms. The quantitative estimate of drug-likeness (QED) is 0.792. The molecule has 0 aromatic carbocycles. The van der Waals surface area contributed by atoms with Crippen LogP contribution in [0.15, 0.2) is 6.20 Å². The SMILES string of the molecule is CCc1nn(C)cc1CNCC(C)CSC. The highest BCUT2D eigenvalue weighted by molar-refractivity contribution is 7.98. The van der Waals surface area contributed by atoms with Crippen LogP contribution in [0.1, 0.15) is 25.1 Å². The molecule has 0 aliphatic heterocycles. The normalized spacial score (nSPS) is 13.0. The number of hydrogen-bond donors (Lipinski definition) is 1. The van der Waals surface area contributed by atoms with E-state index in [1.54, 1.807) is 0 Å². The molecule has 3 nitrogen and oxygen atoms in total. The lowest BCUT2D eigenvalue weighted by Crippen LogP contribution is -2.22. The fraction of sp³-hybridized carbons (Fsp3) is 0.750. The molecular weight excluding hydrogens is 218 g/mol. The number of aromatic nitrogens is 2. The summed E-state index contributed by atoms with van der Waals surface area (Å²) in [6, 6.07) is 0. The molecule has 4 heteroatoms. The third-order valence-corrected chi connectivity index (χ3v) is 3.49. The zero-order valence-corrected chi connectivity index (χ0v) is 11.6. The van der Waals surface area contributed by atoms with E-state index in [2.05, 4.69) is 36.7 Å². The van der Waals surface area contributed by atoms with Gasteiger partial charge in [0.05, 0.1) is 5.69 Å². The highest BCUT2D eigenvalue weighted by Crippen LogP contribution is 2.07. The van der Waals surface area contributed by atoms with Gasteiger partial charge in [-0.3, -0.25) is 4.68 Å². The highest BCUT2D eigenvalue weighted by atomic mass is 32.2. The minimum absolute atomic E-state index is 0.733. The second-order valence-corrected chi connectivity index (χ2v) is 5.23. The summed E-state index contributed by atoms with van der Waals surface area (Å²) in [6.07, 6.45) is 5.29. The smallest absolute Gasteiger partial charge is 0.0666 e. The molecule has 0 aliphatic rings. The molecule has 0 saturated heterocycles. The van der Waals surface area contributed by atoms with Crippen molar-refractivity contribution >= 4 is 11.8 Å². The van der Waals surface area contributed by atoms with Gasteiger partial charge in [-0.15, -0.1) is 0 Å². The van der Waals surface area contributed by atoms with Crippen molar-refractivity contribution in [2.75, 3.05) is 18.6 Å². The summed E-state index contributed by atoms with van der Waals surface area (Å²) >= 11 is 1.91. The number of hydrogen-bond acceptors (Lipinski definition) is 3. The maximum atomic E-state index is 4.44. The van der Waals surface area contributed by atoms with Gasteiger partial charge in [-0.1, -0.05) is 13.8 Å². The van der Waals surface area contributed by atoms with Crippen LogP contribution in [0.4, 0.5) is 0 Å². The predicted octanol–water partition coefficient (Wildman–Crippen LogP) is 2.07. The monoisotopic (exact) mass is 241 g/mol. The lowest BCUT2D eigenvalue weighted by Gasteiger charge is -2.10. The zero-order chi connectivity index (χ0) is 12.0. The third-order valence-electron chi connectivity index (χ3n) is 2.59. The van der Waals surface area contributed by atoms with Crippen LogP contribution in [-0.2, 0) is 20.0 Å². The predicted molar refractivity (Wildman–Crippen MR) is 71.8 cm³/mol. The van der Waals surface area contributed by atoms with E-state index >= 15 is 0 Å². The molecule has 0 saturated carbocycles. The molecule has 1 aromatic rings. The fourth-order valence-electron chi connectivity index (χ4n) is 1.83. The van der Waals surface area contributed by atoms with Gasteiger partial charge in [0.2, 0.25) is 0 Å². The molecule has 0 bridgehead atoms. The van der Waals surface area contributed by atoms with Gasteiger partial charge in [0.25, 0.3) is 0 Å². The molecule has 1 atom stereocenters. The summed E-state index contributed by atoms with van der Waals surface area (Å²) < 4.78 is 1.90. The number of aryl methyl sites for hydroxylation is 2. The van der Waals surface area contributed by atoms with Crippen molar-refractivity contribution in [3.8, 4) is 0 Å². The van der Waals surface area contributed by atoms with E-state index in [1.807, 2.05) is 23.5 Å². The van der Waals surface area contributed by atoms with E-state index in [0.29, 0.717) is 0 Å². The van der Waals surface area contributed by atoms with Crippen LogP contribution in [0, 0.1) is 5.92 Å². The molecule has 1 heterocycles. The van der Waals surface area contributed by atoms with Crippen molar-refractivity contribution in [2.45, 2.75) is 26.8 Å². The Hall–Kier alpha value is -0.480. The first-order valence-electron chi connectivity index (χ1n) is 5.88. The Morgan fingerprint density at radius 1 is 1.56 bits per heavy atom. The van der Waals surface area contributed by atoms with Crippen LogP contribution >= 0.6 is 11.8 Å². The van der Waals surface area contributed by atoms with E-state index in [1.165, 1.54) is 17.0 Å². The van der Waals surface area contributed by atoms with Crippen LogP contribution < -0.4 is 5.32 Å². The zero-order valence-electron chi connectivity index (χ0n) is 10.8. The van der Waals surface area contributed by atoms with E-state index < -0.39 is 0 Å². The second kappa shape index (κ2) is 6.97. The minimum Gasteiger partial charge on any atom is -0.312 e. The van der Waals surface area contributed by atoms with Crippen molar-refractivity contribution in [1.82, 2.24) is 15.1 Å². The van der Waals surface area contributed by atoms with Crippen molar-refractivity contribution in [3.05, 3.63) is 17.5 Å². The first-order chi connectivity index (χ1) is 7.67. The highest BCUT2D eigenvalue weighted by Gasteiger charge is 2.06. The fourth-order valence-corrected chi connectivity index (χ4v) is 2.51. The molecule has 0 amide bonds. The summed E-state index contributed by atoms with van der Waals surface area (Å²) in [4.78, 5) is 0. The number of nitrogens with zero attached hydrogens (tertiary/aromatic N) is 2. The van der Waals surface area contributed by atoms with Gasteiger partial charge in [-0.2, -0.15) is 16.9 Å². The Morgan fingerprint density at radius 2 is 2.31 bits per heavy atom. The van der Waals surface area contributed by atoms with Crippen LogP contribution in [0.2, 0.25) is 0 Å². The first kappa shape index (κ1) is 13.6. The molecule has 92 valence electrons. The van der Waals surface area contributed by atoms with Crippen molar-refractivity contribution in [1.29, 1.82) is 0 Å². The molecular formula is C12H23N3S. The van der Waals surface area contributed by atoms with Gasteiger partial charge in [-0.05, 0) is 30.9 Å². The Labute approximate surface area is 103 Å². The maximum absolute atomic E-state index is 4.44. The van der Waals surface area contributed by atoms with Gasteiger partial charge in [-0.25, -0.2) is 0 Å². The van der Waals surface area contributed by atoms with Crippen LogP contribution in [0.3, 0.4) is 0 Å². The number of nitrogens with one attached hydrogen (secondary N) is 1. The second-order valence-electron chi connectivity index (χ2n) is 4.32. The van der Waals surface area contributed by atoms with E-state index in [9.17, 15) is 0 Å². The lowest BCUT2D eigenvalue weighted by atomic mass is 10.2. The first-order valence-corrected chi connectivity index (χ1v) is 7.27. The Bertz CT molecular complexity index is 309. The van der Waals surface area contributed by atoms with Crippen LogP contribution in [0.5, 0.6) is 0 Å². The average molecular weight is 241 g/mol. The van der Waals surface area contributed by atoms with Crippen molar-refractivity contribution in [2.24, 2.45) is 13.0 Å². The van der Waals surface area contributed by atoms with E-state index in [0.717, 1.165) is 25.4 Å². The van der Waals surface area contributed by atoms with Gasteiger partial charge >= 0.3 is 0 Å². The van der Waals surface area contributed by atoms with Crippen LogP contribution in [-0.4, -0.2) is 28.3 Å². The topological polar surface area (TPSA) is 29.9 Å². The number of rotatable bonds is 7. The molecule has 0 spiro atoms. The minimum atomic E-state index is 0.733. The van der Waals surface area contributed by atoms with E-state index in [-0.39, 0.29) is 0 Å². The molecule has 0 aliphatic carbocycles. The van der Waals surface area contributed by atoms with Crippen LogP contribution in [0.25, 0.3) is 0 Å². The lowest BCUT2D eigenvalue weighted by molar-refractivity contribution is 0.558. The molecule has 1 N–H and O–H groups in total. The summed E-state index contributed by atoms with van der Waals surface area (Å²) in [5.74, 6) is 1.96. The number of thioether (sulfide) groups is 1. The molecule has 0 fully saturated rings. The van der Waals surface area contributed by atoms with Crippen molar-refractivity contribution in [3.63, 3.8) is 0 Å². The summed E-state index contributed by atoms with van der Waals surface area (Å²) in [5.41, 5.74) is 2.55. The molecule has 0 radical (unpaired) electrons. The summed E-state index contributed by atoms with van der Waals surface area (Å²) in [5, 5.41) is 7.94. The Morgan fingerprint density at radius 3 is 2.94 bits per heavy atom. The van der Waals surface area contributed by atoms with Gasteiger partial charge in [0.1, 0.15) is 0 Å². The van der Waals surface area contributed by atoms with Gasteiger partial charge < -0.3 is 5.32 Å². The summed E-state index contributed by atoms with van der Waals surface area (Å²) in [7, 11) is 1.99. The molecule has 1 aromatic heterocycles. The van der Waals surface area contributed by atoms with Gasteiger partial charge in [0, 0.05) is 25.4 Å². The Balaban J connectivity index is 2.36. The maximum Gasteiger partial charge on any atom is 0.0666 e. The standard InChI is InChI=1S/C12H23N3S/c1-5-12-11(8-15(3)14-12)7-13-6-10(2)9-16-4/h8,10,13H,5-7,9H2,1-4H3. The third kappa shape index (κ3) is 4.18. The van der Waals surface area contributed by atoms with Crippen molar-refractivity contribution < 1.29 is 0 Å². The Kier molecular flexibility index (Phi) is 5.91. The largest absolute Gasteiger partial charge is 0.312 e. The van der Waals surface area contributed by atoms with Gasteiger partial charge in [0.15, 0.2) is 0 Å². The van der Waals surface area contributed by atoms with E-state index in [4.69, 9.17) is 0 Å².